The van der Waals surface area contributed by atoms with Crippen molar-refractivity contribution in [3.05, 3.63) is 46.4 Å². The summed E-state index contributed by atoms with van der Waals surface area (Å²) in [6.07, 6.45) is 5.04. The van der Waals surface area contributed by atoms with Gasteiger partial charge in [-0.05, 0) is 61.4 Å². The summed E-state index contributed by atoms with van der Waals surface area (Å²) in [5, 5.41) is 11.7. The molecule has 1 saturated carbocycles. The van der Waals surface area contributed by atoms with Gasteiger partial charge in [-0.1, -0.05) is 6.42 Å². The fourth-order valence-electron chi connectivity index (χ4n) is 3.74. The fourth-order valence-corrected chi connectivity index (χ4v) is 6.56. The topological polar surface area (TPSA) is 108 Å². The van der Waals surface area contributed by atoms with Crippen LogP contribution in [0.5, 0.6) is 0 Å². The Morgan fingerprint density at radius 1 is 1.10 bits per heavy atom. The Bertz CT molecular complexity index is 1190. The van der Waals surface area contributed by atoms with Crippen LogP contribution in [-0.4, -0.2) is 46.9 Å². The second-order valence-corrected chi connectivity index (χ2v) is 10.8. The van der Waals surface area contributed by atoms with Gasteiger partial charge in [-0.25, -0.2) is 13.4 Å². The molecular formula is C21H23N5O3S2. The molecule has 31 heavy (non-hydrogen) atoms. The molecule has 2 N–H and O–H groups in total. The van der Waals surface area contributed by atoms with Crippen molar-refractivity contribution in [1.82, 2.24) is 19.5 Å². The Labute approximate surface area is 184 Å². The van der Waals surface area contributed by atoms with E-state index in [1.807, 2.05) is 12.1 Å². The van der Waals surface area contributed by atoms with Gasteiger partial charge in [0.25, 0.3) is 5.91 Å². The van der Waals surface area contributed by atoms with Crippen LogP contribution in [-0.2, 0) is 10.0 Å². The number of anilines is 1. The van der Waals surface area contributed by atoms with Gasteiger partial charge in [-0.2, -0.15) is 9.40 Å². The maximum Gasteiger partial charge on any atom is 0.267 e. The zero-order valence-corrected chi connectivity index (χ0v) is 18.5. The van der Waals surface area contributed by atoms with Gasteiger partial charge in [0.15, 0.2) is 5.82 Å². The van der Waals surface area contributed by atoms with E-state index in [0.717, 1.165) is 54.8 Å². The Morgan fingerprint density at radius 3 is 2.55 bits per heavy atom. The second kappa shape index (κ2) is 8.18. The third-order valence-corrected chi connectivity index (χ3v) is 8.62. The summed E-state index contributed by atoms with van der Waals surface area (Å²) < 4.78 is 27.5. The standard InChI is InChI=1S/C21H23N5O3S2/c27-21(18-17(10-13-30-18)31(28,29)26-11-2-1-3-12-26)22-16-8-6-15(7-9-16)20-23-19(24-25-20)14-4-5-14/h6-10,13-14H,1-5,11-12H2,(H,22,27)(H,23,24,25). The van der Waals surface area contributed by atoms with Gasteiger partial charge in [0, 0.05) is 30.3 Å². The maximum atomic E-state index is 13.0. The van der Waals surface area contributed by atoms with Crippen molar-refractivity contribution < 1.29 is 13.2 Å². The molecular weight excluding hydrogens is 434 g/mol. The smallest absolute Gasteiger partial charge is 0.267 e. The molecule has 1 aliphatic carbocycles. The van der Waals surface area contributed by atoms with E-state index < -0.39 is 15.9 Å². The molecule has 0 atom stereocenters. The molecule has 0 bridgehead atoms. The molecule has 1 saturated heterocycles. The van der Waals surface area contributed by atoms with E-state index in [9.17, 15) is 13.2 Å². The number of hydrogen-bond donors (Lipinski definition) is 2. The molecule has 2 fully saturated rings. The summed E-state index contributed by atoms with van der Waals surface area (Å²) in [5.74, 6) is 1.63. The summed E-state index contributed by atoms with van der Waals surface area (Å²) >= 11 is 1.14. The average molecular weight is 458 g/mol. The highest BCUT2D eigenvalue weighted by molar-refractivity contribution is 7.89. The van der Waals surface area contributed by atoms with E-state index in [2.05, 4.69) is 20.5 Å². The molecule has 3 aromatic rings. The number of hydrogen-bond acceptors (Lipinski definition) is 6. The number of benzene rings is 1. The molecule has 0 radical (unpaired) electrons. The zero-order valence-electron chi connectivity index (χ0n) is 16.9. The predicted octanol–water partition coefficient (Wildman–Crippen LogP) is 3.84. The highest BCUT2D eigenvalue weighted by Crippen LogP contribution is 2.38. The van der Waals surface area contributed by atoms with Crippen LogP contribution >= 0.6 is 11.3 Å². The first-order valence-electron chi connectivity index (χ1n) is 10.4. The molecule has 5 rings (SSSR count). The van der Waals surface area contributed by atoms with Crippen LogP contribution in [0.15, 0.2) is 40.6 Å². The lowest BCUT2D eigenvalue weighted by atomic mass is 10.2. The number of carbonyl (C=O) groups excluding carboxylic acids is 1. The third kappa shape index (κ3) is 4.15. The minimum Gasteiger partial charge on any atom is -0.321 e. The molecule has 1 amide bonds. The van der Waals surface area contributed by atoms with E-state index in [1.54, 1.807) is 17.5 Å². The Balaban J connectivity index is 1.31. The molecule has 3 heterocycles. The van der Waals surface area contributed by atoms with E-state index in [1.165, 1.54) is 10.4 Å². The van der Waals surface area contributed by atoms with Crippen LogP contribution in [0.4, 0.5) is 5.69 Å². The van der Waals surface area contributed by atoms with E-state index >= 15 is 0 Å². The highest BCUT2D eigenvalue weighted by Gasteiger charge is 2.31. The van der Waals surface area contributed by atoms with Crippen molar-refractivity contribution in [1.29, 1.82) is 0 Å². The van der Waals surface area contributed by atoms with Crippen LogP contribution in [0, 0.1) is 0 Å². The monoisotopic (exact) mass is 457 g/mol. The van der Waals surface area contributed by atoms with Gasteiger partial charge in [-0.3, -0.25) is 9.89 Å². The molecule has 2 aromatic heterocycles. The van der Waals surface area contributed by atoms with Gasteiger partial charge < -0.3 is 5.32 Å². The number of aromatic amines is 1. The minimum absolute atomic E-state index is 0.0850. The van der Waals surface area contributed by atoms with Crippen molar-refractivity contribution in [3.8, 4) is 11.4 Å². The van der Waals surface area contributed by atoms with E-state index in [-0.39, 0.29) is 9.77 Å². The Kier molecular flexibility index (Phi) is 5.37. The second-order valence-electron chi connectivity index (χ2n) is 7.93. The maximum absolute atomic E-state index is 13.0. The average Bonchev–Trinajstić information content (AvgIpc) is 3.30. The molecule has 162 valence electrons. The largest absolute Gasteiger partial charge is 0.321 e. The third-order valence-electron chi connectivity index (χ3n) is 5.64. The van der Waals surface area contributed by atoms with Crippen molar-refractivity contribution in [2.45, 2.75) is 42.9 Å². The van der Waals surface area contributed by atoms with Crippen molar-refractivity contribution in [2.75, 3.05) is 18.4 Å². The molecule has 1 aliphatic heterocycles. The summed E-state index contributed by atoms with van der Waals surface area (Å²) in [5.41, 5.74) is 1.44. The SMILES string of the molecule is O=C(Nc1ccc(-c2n[nH]c(C3CC3)n2)cc1)c1sccc1S(=O)(=O)N1CCCCC1. The number of sulfonamides is 1. The number of rotatable bonds is 6. The van der Waals surface area contributed by atoms with Crippen LogP contribution in [0.25, 0.3) is 11.4 Å². The lowest BCUT2D eigenvalue weighted by molar-refractivity contribution is 0.102. The van der Waals surface area contributed by atoms with Gasteiger partial charge in [0.2, 0.25) is 10.0 Å². The fraction of sp³-hybridized carbons (Fsp3) is 0.381. The van der Waals surface area contributed by atoms with Gasteiger partial charge in [-0.15, -0.1) is 11.3 Å². The van der Waals surface area contributed by atoms with Gasteiger partial charge >= 0.3 is 0 Å². The van der Waals surface area contributed by atoms with Crippen molar-refractivity contribution in [2.24, 2.45) is 0 Å². The summed E-state index contributed by atoms with van der Waals surface area (Å²) in [6, 6.07) is 8.75. The number of nitrogens with one attached hydrogen (secondary N) is 2. The lowest BCUT2D eigenvalue weighted by Crippen LogP contribution is -2.36. The minimum atomic E-state index is -3.67. The molecule has 0 spiro atoms. The van der Waals surface area contributed by atoms with Crippen LogP contribution in [0.3, 0.4) is 0 Å². The zero-order chi connectivity index (χ0) is 21.4. The molecule has 10 heteroatoms. The number of aromatic nitrogens is 3. The number of carbonyl (C=O) groups is 1. The number of nitrogens with zero attached hydrogens (tertiary/aromatic N) is 3. The summed E-state index contributed by atoms with van der Waals surface area (Å²) in [6.45, 7) is 1.01. The predicted molar refractivity (Wildman–Crippen MR) is 119 cm³/mol. The highest BCUT2D eigenvalue weighted by atomic mass is 32.2. The van der Waals surface area contributed by atoms with Crippen molar-refractivity contribution in [3.63, 3.8) is 0 Å². The van der Waals surface area contributed by atoms with Crippen LogP contribution < -0.4 is 5.32 Å². The Hall–Kier alpha value is -2.56. The molecule has 2 aliphatic rings. The summed E-state index contributed by atoms with van der Waals surface area (Å²) in [4.78, 5) is 17.7. The first kappa shape index (κ1) is 20.3. The number of amides is 1. The first-order chi connectivity index (χ1) is 15.0. The number of piperidine rings is 1. The summed E-state index contributed by atoms with van der Waals surface area (Å²) in [7, 11) is -3.67. The van der Waals surface area contributed by atoms with E-state index in [4.69, 9.17) is 0 Å². The first-order valence-corrected chi connectivity index (χ1v) is 12.8. The Morgan fingerprint density at radius 2 is 1.84 bits per heavy atom. The number of H-pyrrole nitrogens is 1. The van der Waals surface area contributed by atoms with Gasteiger partial charge in [0.1, 0.15) is 15.6 Å². The molecule has 0 unspecified atom stereocenters. The number of thiophene rings is 1. The lowest BCUT2D eigenvalue weighted by Gasteiger charge is -2.25. The van der Waals surface area contributed by atoms with Crippen LogP contribution in [0.2, 0.25) is 0 Å². The quantitative estimate of drug-likeness (QED) is 0.585. The van der Waals surface area contributed by atoms with Crippen LogP contribution in [0.1, 0.15) is 53.5 Å². The van der Waals surface area contributed by atoms with Crippen molar-refractivity contribution >= 4 is 33.0 Å². The van der Waals surface area contributed by atoms with E-state index in [0.29, 0.717) is 30.5 Å². The normalized spacial score (nSPS) is 17.5. The molecule has 1 aromatic carbocycles. The van der Waals surface area contributed by atoms with Gasteiger partial charge in [0.05, 0.1) is 0 Å². The molecule has 8 nitrogen and oxygen atoms in total.